The number of benzene rings is 1. The van der Waals surface area contributed by atoms with Gasteiger partial charge < -0.3 is 15.4 Å². The van der Waals surface area contributed by atoms with Gasteiger partial charge in [-0.05, 0) is 43.5 Å². The van der Waals surface area contributed by atoms with Gasteiger partial charge in [0.05, 0.1) is 17.0 Å². The quantitative estimate of drug-likeness (QED) is 0.698. The van der Waals surface area contributed by atoms with Crippen LogP contribution < -0.4 is 10.6 Å². The molecule has 0 saturated carbocycles. The Morgan fingerprint density at radius 2 is 2.00 bits per heavy atom. The van der Waals surface area contributed by atoms with Crippen molar-refractivity contribution < 1.29 is 17.5 Å². The molecular formula is C18H27FN4O3S. The number of piperidine rings is 1. The first kappa shape index (κ1) is 20.2. The van der Waals surface area contributed by atoms with Crippen LogP contribution in [0.25, 0.3) is 0 Å². The minimum atomic E-state index is -3.61. The fourth-order valence-corrected chi connectivity index (χ4v) is 5.07. The average molecular weight is 399 g/mol. The lowest BCUT2D eigenvalue weighted by Crippen LogP contribution is -2.64. The Labute approximate surface area is 160 Å². The standard InChI is InChI=1S/C18H27FN4O3S/c1-26-14-2-9-20-17-18(22-11-10-21-17)7-12-23(13-8-18)27(24,25)16-5-3-15(19)4-6-16/h3-6,22H,2,7-14H2,1H3,(H,20,21). The Morgan fingerprint density at radius 1 is 1.30 bits per heavy atom. The lowest BCUT2D eigenvalue weighted by Gasteiger charge is -2.44. The van der Waals surface area contributed by atoms with E-state index in [0.29, 0.717) is 39.1 Å². The number of nitrogens with zero attached hydrogens (tertiary/aromatic N) is 2. The highest BCUT2D eigenvalue weighted by Gasteiger charge is 2.42. The minimum Gasteiger partial charge on any atom is -0.385 e. The van der Waals surface area contributed by atoms with Crippen LogP contribution in [0.4, 0.5) is 4.39 Å². The van der Waals surface area contributed by atoms with E-state index in [9.17, 15) is 12.8 Å². The molecule has 1 fully saturated rings. The predicted molar refractivity (Wildman–Crippen MR) is 102 cm³/mol. The Bertz CT molecular complexity index is 759. The third-order valence-electron chi connectivity index (χ3n) is 5.14. The van der Waals surface area contributed by atoms with E-state index in [1.165, 1.54) is 28.6 Å². The van der Waals surface area contributed by atoms with Crippen LogP contribution in [0.2, 0.25) is 0 Å². The molecule has 0 radical (unpaired) electrons. The molecule has 27 heavy (non-hydrogen) atoms. The highest BCUT2D eigenvalue weighted by atomic mass is 32.2. The van der Waals surface area contributed by atoms with E-state index in [1.54, 1.807) is 7.11 Å². The molecule has 1 saturated heterocycles. The van der Waals surface area contributed by atoms with E-state index < -0.39 is 15.8 Å². The second-order valence-electron chi connectivity index (χ2n) is 6.87. The van der Waals surface area contributed by atoms with Crippen LogP contribution in [0.15, 0.2) is 34.2 Å². The van der Waals surface area contributed by atoms with Crippen molar-refractivity contribution >= 4 is 15.9 Å². The third-order valence-corrected chi connectivity index (χ3v) is 7.06. The van der Waals surface area contributed by atoms with Gasteiger partial charge in [0.1, 0.15) is 11.7 Å². The first-order valence-electron chi connectivity index (χ1n) is 9.26. The number of amidine groups is 1. The van der Waals surface area contributed by atoms with Crippen LogP contribution >= 0.6 is 0 Å². The van der Waals surface area contributed by atoms with E-state index in [4.69, 9.17) is 4.74 Å². The summed E-state index contributed by atoms with van der Waals surface area (Å²) >= 11 is 0. The predicted octanol–water partition coefficient (Wildman–Crippen LogP) is 0.977. The van der Waals surface area contributed by atoms with Gasteiger partial charge >= 0.3 is 0 Å². The fourth-order valence-electron chi connectivity index (χ4n) is 3.62. The monoisotopic (exact) mass is 398 g/mol. The summed E-state index contributed by atoms with van der Waals surface area (Å²) in [4.78, 5) is 4.78. The number of ether oxygens (including phenoxy) is 1. The van der Waals surface area contributed by atoms with Crippen LogP contribution in [0.3, 0.4) is 0 Å². The summed E-state index contributed by atoms with van der Waals surface area (Å²) in [7, 11) is -1.93. The minimum absolute atomic E-state index is 0.128. The molecule has 7 nitrogen and oxygen atoms in total. The number of halogens is 1. The van der Waals surface area contributed by atoms with Crippen molar-refractivity contribution in [2.24, 2.45) is 4.99 Å². The van der Waals surface area contributed by atoms with Gasteiger partial charge in [0.25, 0.3) is 0 Å². The largest absolute Gasteiger partial charge is 0.385 e. The van der Waals surface area contributed by atoms with E-state index in [2.05, 4.69) is 15.6 Å². The Hall–Kier alpha value is -1.55. The van der Waals surface area contributed by atoms with Gasteiger partial charge in [0.2, 0.25) is 10.0 Å². The zero-order chi connectivity index (χ0) is 19.3. The van der Waals surface area contributed by atoms with Gasteiger partial charge in [0.15, 0.2) is 0 Å². The summed E-state index contributed by atoms with van der Waals surface area (Å²) in [6.07, 6.45) is 2.17. The van der Waals surface area contributed by atoms with Crippen LogP contribution in [0.5, 0.6) is 0 Å². The highest BCUT2D eigenvalue weighted by Crippen LogP contribution is 2.28. The van der Waals surface area contributed by atoms with Crippen molar-refractivity contribution in [3.63, 3.8) is 0 Å². The second kappa shape index (κ2) is 8.64. The maximum absolute atomic E-state index is 13.1. The van der Waals surface area contributed by atoms with Crippen LogP contribution in [-0.4, -0.2) is 70.5 Å². The molecule has 0 amide bonds. The topological polar surface area (TPSA) is 83.0 Å². The Morgan fingerprint density at radius 3 is 2.67 bits per heavy atom. The SMILES string of the molecule is COCCCNC1=NCCNC12CCN(S(=O)(=O)c1ccc(F)cc1)CC2. The van der Waals surface area contributed by atoms with Crippen molar-refractivity contribution in [2.75, 3.05) is 46.4 Å². The molecule has 0 bridgehead atoms. The normalized spacial score (nSPS) is 20.4. The lowest BCUT2D eigenvalue weighted by atomic mass is 9.85. The maximum atomic E-state index is 13.1. The Balaban J connectivity index is 1.66. The molecule has 0 aliphatic carbocycles. The van der Waals surface area contributed by atoms with Gasteiger partial charge in [-0.25, -0.2) is 12.8 Å². The summed E-state index contributed by atoms with van der Waals surface area (Å²) < 4.78 is 45.3. The number of sulfonamides is 1. The fraction of sp³-hybridized carbons (Fsp3) is 0.611. The smallest absolute Gasteiger partial charge is 0.243 e. The molecule has 0 aromatic heterocycles. The Kier molecular flexibility index (Phi) is 6.46. The highest BCUT2D eigenvalue weighted by molar-refractivity contribution is 7.89. The van der Waals surface area contributed by atoms with E-state index in [0.717, 1.165) is 25.3 Å². The zero-order valence-electron chi connectivity index (χ0n) is 15.6. The molecule has 0 unspecified atom stereocenters. The first-order valence-corrected chi connectivity index (χ1v) is 10.7. The summed E-state index contributed by atoms with van der Waals surface area (Å²) in [6.45, 7) is 3.75. The molecule has 9 heteroatoms. The summed E-state index contributed by atoms with van der Waals surface area (Å²) in [5.41, 5.74) is -0.305. The third kappa shape index (κ3) is 4.48. The van der Waals surface area contributed by atoms with Gasteiger partial charge in [-0.2, -0.15) is 4.31 Å². The number of nitrogens with one attached hydrogen (secondary N) is 2. The van der Waals surface area contributed by atoms with Crippen LogP contribution in [-0.2, 0) is 14.8 Å². The van der Waals surface area contributed by atoms with Crippen molar-refractivity contribution in [1.29, 1.82) is 0 Å². The van der Waals surface area contributed by atoms with E-state index in [1.807, 2.05) is 0 Å². The lowest BCUT2D eigenvalue weighted by molar-refractivity contribution is 0.195. The maximum Gasteiger partial charge on any atom is 0.243 e. The number of aliphatic imine (C=N–C) groups is 1. The number of hydrogen-bond donors (Lipinski definition) is 2. The second-order valence-corrected chi connectivity index (χ2v) is 8.81. The summed E-state index contributed by atoms with van der Waals surface area (Å²) in [5.74, 6) is 0.474. The van der Waals surface area contributed by atoms with Crippen LogP contribution in [0.1, 0.15) is 19.3 Å². The zero-order valence-corrected chi connectivity index (χ0v) is 16.4. The molecule has 0 atom stereocenters. The van der Waals surface area contributed by atoms with Gasteiger partial charge in [-0.3, -0.25) is 4.99 Å². The van der Waals surface area contributed by atoms with Crippen molar-refractivity contribution in [2.45, 2.75) is 29.7 Å². The molecular weight excluding hydrogens is 371 g/mol. The first-order chi connectivity index (χ1) is 13.0. The molecule has 1 aromatic carbocycles. The van der Waals surface area contributed by atoms with Crippen molar-refractivity contribution in [3.05, 3.63) is 30.1 Å². The number of rotatable bonds is 6. The number of hydrogen-bond acceptors (Lipinski definition) is 6. The molecule has 2 N–H and O–H groups in total. The summed E-state index contributed by atoms with van der Waals surface area (Å²) in [5, 5.41) is 6.96. The van der Waals surface area contributed by atoms with Crippen molar-refractivity contribution in [1.82, 2.24) is 14.9 Å². The molecule has 1 aromatic rings. The van der Waals surface area contributed by atoms with Crippen LogP contribution in [0, 0.1) is 5.82 Å². The molecule has 2 heterocycles. The summed E-state index contributed by atoms with van der Waals surface area (Å²) in [6, 6.07) is 4.99. The van der Waals surface area contributed by atoms with E-state index in [-0.39, 0.29) is 10.4 Å². The number of methoxy groups -OCH3 is 1. The van der Waals surface area contributed by atoms with Gasteiger partial charge in [-0.15, -0.1) is 0 Å². The molecule has 2 aliphatic heterocycles. The van der Waals surface area contributed by atoms with Gasteiger partial charge in [-0.1, -0.05) is 0 Å². The molecule has 2 aliphatic rings. The average Bonchev–Trinajstić information content (AvgIpc) is 2.67. The van der Waals surface area contributed by atoms with E-state index >= 15 is 0 Å². The van der Waals surface area contributed by atoms with Crippen molar-refractivity contribution in [3.8, 4) is 0 Å². The van der Waals surface area contributed by atoms with Gasteiger partial charge in [0, 0.05) is 39.9 Å². The molecule has 150 valence electrons. The molecule has 3 rings (SSSR count). The molecule has 1 spiro atoms.